The van der Waals surface area contributed by atoms with Crippen LogP contribution in [0.2, 0.25) is 0 Å². The van der Waals surface area contributed by atoms with E-state index >= 15 is 0 Å². The average Bonchev–Trinajstić information content (AvgIpc) is 2.68. The van der Waals surface area contributed by atoms with Crippen molar-refractivity contribution in [2.24, 2.45) is 0 Å². The lowest BCUT2D eigenvalue weighted by molar-refractivity contribution is -0.184. The standard InChI is InChI=1S/C11H12F3N.ClH/c12-11(13,14)10(6-7-15-8-10)9-4-2-1-3-5-9;/h1-5,15H,6-8H2;1H. The van der Waals surface area contributed by atoms with Gasteiger partial charge in [0.2, 0.25) is 0 Å². The molecule has 1 nitrogen and oxygen atoms in total. The number of hydrogen-bond acceptors (Lipinski definition) is 1. The van der Waals surface area contributed by atoms with Gasteiger partial charge in [0, 0.05) is 6.54 Å². The van der Waals surface area contributed by atoms with Gasteiger partial charge in [0.25, 0.3) is 0 Å². The first-order valence-corrected chi connectivity index (χ1v) is 4.89. The van der Waals surface area contributed by atoms with E-state index in [0.29, 0.717) is 12.1 Å². The molecule has 1 heterocycles. The molecule has 1 aliphatic rings. The lowest BCUT2D eigenvalue weighted by Crippen LogP contribution is -2.44. The van der Waals surface area contributed by atoms with Gasteiger partial charge >= 0.3 is 6.18 Å². The minimum absolute atomic E-state index is 0. The van der Waals surface area contributed by atoms with Gasteiger partial charge in [-0.15, -0.1) is 12.4 Å². The second-order valence-electron chi connectivity index (χ2n) is 3.87. The predicted molar refractivity (Wildman–Crippen MR) is 58.9 cm³/mol. The van der Waals surface area contributed by atoms with E-state index in [1.165, 1.54) is 0 Å². The van der Waals surface area contributed by atoms with E-state index < -0.39 is 11.6 Å². The highest BCUT2D eigenvalue weighted by Crippen LogP contribution is 2.45. The summed E-state index contributed by atoms with van der Waals surface area (Å²) in [5.74, 6) is 0. The molecule has 0 amide bonds. The molecule has 0 radical (unpaired) electrons. The fourth-order valence-corrected chi connectivity index (χ4v) is 2.10. The summed E-state index contributed by atoms with van der Waals surface area (Å²) in [4.78, 5) is 0. The molecule has 1 unspecified atom stereocenters. The van der Waals surface area contributed by atoms with Gasteiger partial charge in [-0.1, -0.05) is 30.3 Å². The fraction of sp³-hybridized carbons (Fsp3) is 0.455. The molecule has 1 saturated heterocycles. The van der Waals surface area contributed by atoms with E-state index in [1.54, 1.807) is 30.3 Å². The number of rotatable bonds is 1. The SMILES string of the molecule is Cl.FC(F)(F)C1(c2ccccc2)CCNC1. The zero-order chi connectivity index (χ0) is 10.9. The maximum absolute atomic E-state index is 13.1. The number of hydrogen-bond donors (Lipinski definition) is 1. The molecule has 0 aromatic heterocycles. The van der Waals surface area contributed by atoms with Crippen molar-refractivity contribution < 1.29 is 13.2 Å². The van der Waals surface area contributed by atoms with Crippen LogP contribution >= 0.6 is 12.4 Å². The van der Waals surface area contributed by atoms with Crippen LogP contribution in [0.4, 0.5) is 13.2 Å². The van der Waals surface area contributed by atoms with Crippen molar-refractivity contribution in [1.29, 1.82) is 0 Å². The average molecular weight is 252 g/mol. The van der Waals surface area contributed by atoms with E-state index in [2.05, 4.69) is 5.32 Å². The fourth-order valence-electron chi connectivity index (χ4n) is 2.10. The molecular formula is C11H13ClF3N. The van der Waals surface area contributed by atoms with Gasteiger partial charge in [-0.2, -0.15) is 13.2 Å². The molecule has 16 heavy (non-hydrogen) atoms. The first kappa shape index (κ1) is 13.3. The number of nitrogens with one attached hydrogen (secondary N) is 1. The Kier molecular flexibility index (Phi) is 3.86. The van der Waals surface area contributed by atoms with E-state index in [1.807, 2.05) is 0 Å². The molecule has 1 aromatic carbocycles. The molecule has 90 valence electrons. The summed E-state index contributed by atoms with van der Waals surface area (Å²) in [7, 11) is 0. The van der Waals surface area contributed by atoms with Crippen molar-refractivity contribution in [3.05, 3.63) is 35.9 Å². The first-order chi connectivity index (χ1) is 7.06. The molecule has 1 aromatic rings. The lowest BCUT2D eigenvalue weighted by Gasteiger charge is -2.31. The number of alkyl halides is 3. The van der Waals surface area contributed by atoms with Crippen LogP contribution in [0.25, 0.3) is 0 Å². The number of benzene rings is 1. The van der Waals surface area contributed by atoms with Crippen LogP contribution in [0.3, 0.4) is 0 Å². The minimum atomic E-state index is -4.18. The van der Waals surface area contributed by atoms with Crippen molar-refractivity contribution in [2.75, 3.05) is 13.1 Å². The molecule has 1 fully saturated rings. The van der Waals surface area contributed by atoms with Crippen molar-refractivity contribution >= 4 is 12.4 Å². The predicted octanol–water partition coefficient (Wildman–Crippen LogP) is 2.90. The molecule has 0 aliphatic carbocycles. The third-order valence-electron chi connectivity index (χ3n) is 3.02. The van der Waals surface area contributed by atoms with Crippen LogP contribution in [0.5, 0.6) is 0 Å². The van der Waals surface area contributed by atoms with E-state index in [9.17, 15) is 13.2 Å². The molecular weight excluding hydrogens is 239 g/mol. The molecule has 5 heteroatoms. The second kappa shape index (κ2) is 4.63. The van der Waals surface area contributed by atoms with Gasteiger partial charge in [0.1, 0.15) is 5.41 Å². The lowest BCUT2D eigenvalue weighted by atomic mass is 9.79. The molecule has 0 bridgehead atoms. The van der Waals surface area contributed by atoms with Crippen LogP contribution in [0.1, 0.15) is 12.0 Å². The normalized spacial score (nSPS) is 25.2. The van der Waals surface area contributed by atoms with Crippen molar-refractivity contribution in [2.45, 2.75) is 18.0 Å². The maximum atomic E-state index is 13.1. The number of halogens is 4. The Morgan fingerprint density at radius 1 is 1.12 bits per heavy atom. The monoisotopic (exact) mass is 251 g/mol. The van der Waals surface area contributed by atoms with E-state index in [-0.39, 0.29) is 25.4 Å². The highest BCUT2D eigenvalue weighted by molar-refractivity contribution is 5.85. The highest BCUT2D eigenvalue weighted by Gasteiger charge is 2.56. The zero-order valence-corrected chi connectivity index (χ0v) is 9.37. The molecule has 1 aliphatic heterocycles. The van der Waals surface area contributed by atoms with Gasteiger partial charge in [0.15, 0.2) is 0 Å². The second-order valence-corrected chi connectivity index (χ2v) is 3.87. The summed E-state index contributed by atoms with van der Waals surface area (Å²) >= 11 is 0. The van der Waals surface area contributed by atoms with Gasteiger partial charge in [-0.3, -0.25) is 0 Å². The zero-order valence-electron chi connectivity index (χ0n) is 8.55. The van der Waals surface area contributed by atoms with Crippen LogP contribution in [-0.4, -0.2) is 19.3 Å². The smallest absolute Gasteiger partial charge is 0.315 e. The highest BCUT2D eigenvalue weighted by atomic mass is 35.5. The largest absolute Gasteiger partial charge is 0.399 e. The topological polar surface area (TPSA) is 12.0 Å². The molecule has 0 spiro atoms. The van der Waals surface area contributed by atoms with Crippen LogP contribution < -0.4 is 5.32 Å². The summed E-state index contributed by atoms with van der Waals surface area (Å²) in [6.07, 6.45) is -4.06. The summed E-state index contributed by atoms with van der Waals surface area (Å²) in [6.45, 7) is 0.412. The minimum Gasteiger partial charge on any atom is -0.315 e. The Balaban J connectivity index is 0.00000128. The van der Waals surface area contributed by atoms with Crippen molar-refractivity contribution in [3.8, 4) is 0 Å². The maximum Gasteiger partial charge on any atom is 0.399 e. The third kappa shape index (κ3) is 2.04. The first-order valence-electron chi connectivity index (χ1n) is 4.89. The van der Waals surface area contributed by atoms with Gasteiger partial charge < -0.3 is 5.32 Å². The van der Waals surface area contributed by atoms with Crippen LogP contribution in [-0.2, 0) is 5.41 Å². The Morgan fingerprint density at radius 3 is 2.19 bits per heavy atom. The molecule has 1 atom stereocenters. The summed E-state index contributed by atoms with van der Waals surface area (Å²) in [6, 6.07) is 8.15. The van der Waals surface area contributed by atoms with Crippen molar-refractivity contribution in [3.63, 3.8) is 0 Å². The quantitative estimate of drug-likeness (QED) is 0.809. The summed E-state index contributed by atoms with van der Waals surface area (Å²) in [5, 5.41) is 2.80. The van der Waals surface area contributed by atoms with E-state index in [0.717, 1.165) is 0 Å². The Bertz CT molecular complexity index is 331. The van der Waals surface area contributed by atoms with E-state index in [4.69, 9.17) is 0 Å². The molecule has 1 N–H and O–H groups in total. The van der Waals surface area contributed by atoms with Crippen molar-refractivity contribution in [1.82, 2.24) is 5.32 Å². The Labute approximate surface area is 98.4 Å². The molecule has 0 saturated carbocycles. The Morgan fingerprint density at radius 2 is 1.75 bits per heavy atom. The van der Waals surface area contributed by atoms with Crippen LogP contribution in [0.15, 0.2) is 30.3 Å². The van der Waals surface area contributed by atoms with Crippen LogP contribution in [0, 0.1) is 0 Å². The van der Waals surface area contributed by atoms with Gasteiger partial charge in [0.05, 0.1) is 0 Å². The Hall–Kier alpha value is -0.740. The molecule has 2 rings (SSSR count). The summed E-state index contributed by atoms with van der Waals surface area (Å²) < 4.78 is 39.2. The van der Waals surface area contributed by atoms with Gasteiger partial charge in [-0.25, -0.2) is 0 Å². The summed E-state index contributed by atoms with van der Waals surface area (Å²) in [5.41, 5.74) is -1.32. The third-order valence-corrected chi connectivity index (χ3v) is 3.02. The van der Waals surface area contributed by atoms with Gasteiger partial charge in [-0.05, 0) is 18.5 Å².